The van der Waals surface area contributed by atoms with Crippen LogP contribution in [0.5, 0.6) is 0 Å². The number of carbonyl (C=O) groups is 1. The lowest BCUT2D eigenvalue weighted by Gasteiger charge is -2.17. The molecule has 0 bridgehead atoms. The molecule has 1 aromatic rings. The summed E-state index contributed by atoms with van der Waals surface area (Å²) in [5, 5.41) is 11.0. The van der Waals surface area contributed by atoms with Crippen molar-refractivity contribution < 1.29 is 23.1 Å². The number of carboxylic acid groups (broad SMARTS) is 1. The summed E-state index contributed by atoms with van der Waals surface area (Å²) in [5.41, 5.74) is 2.29. The summed E-state index contributed by atoms with van der Waals surface area (Å²) in [4.78, 5) is 10.5. The van der Waals surface area contributed by atoms with Gasteiger partial charge in [0.25, 0.3) is 0 Å². The van der Waals surface area contributed by atoms with Crippen molar-refractivity contribution in [3.8, 4) is 0 Å². The highest BCUT2D eigenvalue weighted by molar-refractivity contribution is 5.71. The maximum absolute atomic E-state index is 12.4. The Morgan fingerprint density at radius 1 is 1.28 bits per heavy atom. The van der Waals surface area contributed by atoms with Gasteiger partial charge in [-0.15, -0.1) is 0 Å². The lowest BCUT2D eigenvalue weighted by Crippen LogP contribution is -2.36. The van der Waals surface area contributed by atoms with E-state index in [4.69, 9.17) is 5.11 Å². The second kappa shape index (κ2) is 5.29. The van der Waals surface area contributed by atoms with Gasteiger partial charge in [-0.25, -0.2) is 0 Å². The fourth-order valence-electron chi connectivity index (χ4n) is 1.64. The van der Waals surface area contributed by atoms with Crippen LogP contribution < -0.4 is 5.32 Å². The predicted molar refractivity (Wildman–Crippen MR) is 61.6 cm³/mol. The highest BCUT2D eigenvalue weighted by Crippen LogP contribution is 2.27. The molecule has 0 amide bonds. The normalized spacial score (nSPS) is 13.2. The van der Waals surface area contributed by atoms with Crippen LogP contribution in [0.3, 0.4) is 0 Å². The Morgan fingerprint density at radius 3 is 2.17 bits per heavy atom. The number of nitrogens with one attached hydrogen (secondary N) is 1. The van der Waals surface area contributed by atoms with Crippen LogP contribution in [0.4, 0.5) is 18.9 Å². The third-order valence-corrected chi connectivity index (χ3v) is 2.43. The largest absolute Gasteiger partial charge is 0.481 e. The first-order valence-corrected chi connectivity index (χ1v) is 5.32. The zero-order valence-corrected chi connectivity index (χ0v) is 10.0. The van der Waals surface area contributed by atoms with Gasteiger partial charge < -0.3 is 10.4 Å². The van der Waals surface area contributed by atoms with Crippen LogP contribution in [0.25, 0.3) is 0 Å². The Labute approximate surface area is 103 Å². The standard InChI is InChI=1S/C12H14F3NO2/c1-7-3-8(2)5-9(4-7)16-6-10(11(17)18)12(13,14)15/h3-5,10,16H,6H2,1-2H3,(H,17,18). The van der Waals surface area contributed by atoms with Crippen molar-refractivity contribution in [2.24, 2.45) is 5.92 Å². The molecule has 0 saturated heterocycles. The van der Waals surface area contributed by atoms with Crippen LogP contribution in [-0.4, -0.2) is 23.8 Å². The fourth-order valence-corrected chi connectivity index (χ4v) is 1.64. The van der Waals surface area contributed by atoms with E-state index < -0.39 is 24.6 Å². The van der Waals surface area contributed by atoms with Crippen molar-refractivity contribution in [1.29, 1.82) is 0 Å². The Bertz CT molecular complexity index is 423. The van der Waals surface area contributed by atoms with Crippen molar-refractivity contribution in [3.05, 3.63) is 29.3 Å². The minimum Gasteiger partial charge on any atom is -0.481 e. The predicted octanol–water partition coefficient (Wildman–Crippen LogP) is 2.98. The number of aliphatic carboxylic acids is 1. The van der Waals surface area contributed by atoms with Crippen molar-refractivity contribution >= 4 is 11.7 Å². The highest BCUT2D eigenvalue weighted by Gasteiger charge is 2.44. The topological polar surface area (TPSA) is 49.3 Å². The summed E-state index contributed by atoms with van der Waals surface area (Å²) >= 11 is 0. The first kappa shape index (κ1) is 14.3. The van der Waals surface area contributed by atoms with Gasteiger partial charge in [0.1, 0.15) is 0 Å². The van der Waals surface area contributed by atoms with Crippen LogP contribution in [0.1, 0.15) is 11.1 Å². The molecule has 0 spiro atoms. The summed E-state index contributed by atoms with van der Waals surface area (Å²) < 4.78 is 37.2. The molecule has 0 fully saturated rings. The highest BCUT2D eigenvalue weighted by atomic mass is 19.4. The molecular weight excluding hydrogens is 247 g/mol. The molecule has 0 aliphatic carbocycles. The van der Waals surface area contributed by atoms with Gasteiger partial charge in [0.2, 0.25) is 0 Å². The lowest BCUT2D eigenvalue weighted by atomic mass is 10.1. The second-order valence-corrected chi connectivity index (χ2v) is 4.19. The van der Waals surface area contributed by atoms with Crippen LogP contribution in [-0.2, 0) is 4.79 Å². The quantitative estimate of drug-likeness (QED) is 0.876. The number of aryl methyl sites for hydroxylation is 2. The minimum absolute atomic E-state index is 0.489. The van der Waals surface area contributed by atoms with Crippen molar-refractivity contribution in [2.45, 2.75) is 20.0 Å². The molecule has 1 rings (SSSR count). The summed E-state index contributed by atoms with van der Waals surface area (Å²) in [6, 6.07) is 5.22. The maximum atomic E-state index is 12.4. The van der Waals surface area contributed by atoms with Crippen molar-refractivity contribution in [2.75, 3.05) is 11.9 Å². The lowest BCUT2D eigenvalue weighted by molar-refractivity contribution is -0.190. The number of halogens is 3. The number of rotatable bonds is 4. The molecule has 0 saturated carbocycles. The minimum atomic E-state index is -4.75. The van der Waals surface area contributed by atoms with E-state index in [1.165, 1.54) is 0 Å². The zero-order chi connectivity index (χ0) is 13.9. The molecule has 2 N–H and O–H groups in total. The summed E-state index contributed by atoms with van der Waals surface area (Å²) in [5.74, 6) is -4.28. The van der Waals surface area contributed by atoms with Gasteiger partial charge in [-0.3, -0.25) is 4.79 Å². The van der Waals surface area contributed by atoms with Gasteiger partial charge in [0.05, 0.1) is 0 Å². The Balaban J connectivity index is 2.76. The monoisotopic (exact) mass is 261 g/mol. The van der Waals surface area contributed by atoms with E-state index in [1.54, 1.807) is 12.1 Å². The van der Waals surface area contributed by atoms with E-state index >= 15 is 0 Å². The zero-order valence-electron chi connectivity index (χ0n) is 10.0. The molecule has 0 radical (unpaired) electrons. The van der Waals surface area contributed by atoms with Crippen molar-refractivity contribution in [3.63, 3.8) is 0 Å². The molecule has 0 aliphatic heterocycles. The Kier molecular flexibility index (Phi) is 4.21. The van der Waals surface area contributed by atoms with Crippen LogP contribution in [0.15, 0.2) is 18.2 Å². The Morgan fingerprint density at radius 2 is 1.78 bits per heavy atom. The van der Waals surface area contributed by atoms with E-state index in [2.05, 4.69) is 5.32 Å². The Hall–Kier alpha value is -1.72. The maximum Gasteiger partial charge on any atom is 0.403 e. The van der Waals surface area contributed by atoms with Gasteiger partial charge in [-0.2, -0.15) is 13.2 Å². The number of carboxylic acids is 1. The van der Waals surface area contributed by atoms with E-state index in [9.17, 15) is 18.0 Å². The number of alkyl halides is 3. The van der Waals surface area contributed by atoms with Gasteiger partial charge in [-0.1, -0.05) is 6.07 Å². The van der Waals surface area contributed by atoms with E-state index in [0.29, 0.717) is 5.69 Å². The number of anilines is 1. The third kappa shape index (κ3) is 3.94. The summed E-state index contributed by atoms with van der Waals surface area (Å²) in [6.07, 6.45) is -4.75. The molecule has 1 aromatic carbocycles. The van der Waals surface area contributed by atoms with E-state index in [-0.39, 0.29) is 0 Å². The average Bonchev–Trinajstić information content (AvgIpc) is 2.12. The SMILES string of the molecule is Cc1cc(C)cc(NCC(C(=O)O)C(F)(F)F)c1. The molecule has 1 atom stereocenters. The summed E-state index contributed by atoms with van der Waals surface area (Å²) in [6.45, 7) is 2.95. The first-order chi connectivity index (χ1) is 8.20. The fraction of sp³-hybridized carbons (Fsp3) is 0.417. The van der Waals surface area contributed by atoms with E-state index in [0.717, 1.165) is 11.1 Å². The van der Waals surface area contributed by atoms with Gasteiger partial charge in [0.15, 0.2) is 5.92 Å². The van der Waals surface area contributed by atoms with Crippen LogP contribution >= 0.6 is 0 Å². The van der Waals surface area contributed by atoms with Crippen molar-refractivity contribution in [1.82, 2.24) is 0 Å². The number of hydrogen-bond donors (Lipinski definition) is 2. The van der Waals surface area contributed by atoms with Crippen LogP contribution in [0, 0.1) is 19.8 Å². The molecule has 0 heterocycles. The molecule has 0 aromatic heterocycles. The number of hydrogen-bond acceptors (Lipinski definition) is 2. The molecule has 18 heavy (non-hydrogen) atoms. The van der Waals surface area contributed by atoms with Gasteiger partial charge in [-0.05, 0) is 37.1 Å². The molecule has 6 heteroatoms. The molecule has 0 aliphatic rings. The van der Waals surface area contributed by atoms with Crippen LogP contribution in [0.2, 0.25) is 0 Å². The second-order valence-electron chi connectivity index (χ2n) is 4.19. The average molecular weight is 261 g/mol. The number of benzene rings is 1. The molecule has 1 unspecified atom stereocenters. The molecular formula is C12H14F3NO2. The smallest absolute Gasteiger partial charge is 0.403 e. The summed E-state index contributed by atoms with van der Waals surface area (Å²) in [7, 11) is 0. The molecule has 3 nitrogen and oxygen atoms in total. The molecule has 100 valence electrons. The first-order valence-electron chi connectivity index (χ1n) is 5.32. The van der Waals surface area contributed by atoms with E-state index in [1.807, 2.05) is 19.9 Å². The van der Waals surface area contributed by atoms with Gasteiger partial charge in [0, 0.05) is 12.2 Å². The third-order valence-electron chi connectivity index (χ3n) is 2.43. The van der Waals surface area contributed by atoms with Gasteiger partial charge >= 0.3 is 12.1 Å².